The number of H-pyrrole nitrogens is 1. The number of alkyl halides is 1. The first-order valence-electron chi connectivity index (χ1n) is 8.84. The van der Waals surface area contributed by atoms with E-state index in [0.29, 0.717) is 21.8 Å². The average Bonchev–Trinajstić information content (AvgIpc) is 3.35. The molecule has 8 nitrogen and oxygen atoms in total. The zero-order chi connectivity index (χ0) is 20.8. The van der Waals surface area contributed by atoms with E-state index in [4.69, 9.17) is 0 Å². The highest BCUT2D eigenvalue weighted by molar-refractivity contribution is 7.15. The van der Waals surface area contributed by atoms with Crippen LogP contribution in [0.5, 0.6) is 0 Å². The molecule has 5 rings (SSSR count). The molecule has 0 aliphatic rings. The molecule has 0 saturated carbocycles. The van der Waals surface area contributed by atoms with Crippen LogP contribution in [0.2, 0.25) is 0 Å². The Kier molecular flexibility index (Phi) is 4.24. The first kappa shape index (κ1) is 18.3. The summed E-state index contributed by atoms with van der Waals surface area (Å²) < 4.78 is 30.8. The fourth-order valence-electron chi connectivity index (χ4n) is 3.26. The van der Waals surface area contributed by atoms with Crippen LogP contribution in [0.25, 0.3) is 27.3 Å². The van der Waals surface area contributed by atoms with Crippen LogP contribution in [-0.2, 0) is 0 Å². The van der Waals surface area contributed by atoms with E-state index < -0.39 is 17.7 Å². The highest BCUT2D eigenvalue weighted by Crippen LogP contribution is 2.30. The van der Waals surface area contributed by atoms with Crippen LogP contribution in [0.1, 0.15) is 17.7 Å². The summed E-state index contributed by atoms with van der Waals surface area (Å²) in [5.74, 6) is -0.372. The third kappa shape index (κ3) is 2.90. The van der Waals surface area contributed by atoms with Crippen LogP contribution < -0.4 is 10.9 Å². The molecule has 11 heteroatoms. The van der Waals surface area contributed by atoms with Gasteiger partial charge in [-0.25, -0.2) is 28.7 Å². The summed E-state index contributed by atoms with van der Waals surface area (Å²) in [5.41, 5.74) is 1.02. The predicted molar refractivity (Wildman–Crippen MR) is 109 cm³/mol. The molecule has 0 bridgehead atoms. The number of imidazole rings is 1. The number of fused-ring (bicyclic) bond motifs is 2. The molecule has 0 unspecified atom stereocenters. The van der Waals surface area contributed by atoms with Crippen molar-refractivity contribution in [2.75, 3.05) is 5.32 Å². The van der Waals surface area contributed by atoms with Crippen molar-refractivity contribution in [1.82, 2.24) is 29.3 Å². The van der Waals surface area contributed by atoms with Crippen LogP contribution in [0, 0.1) is 12.7 Å². The molecule has 30 heavy (non-hydrogen) atoms. The lowest BCUT2D eigenvalue weighted by Crippen LogP contribution is -2.22. The lowest BCUT2D eigenvalue weighted by atomic mass is 10.0. The van der Waals surface area contributed by atoms with Gasteiger partial charge in [0.2, 0.25) is 6.30 Å². The van der Waals surface area contributed by atoms with E-state index in [2.05, 4.69) is 30.2 Å². The van der Waals surface area contributed by atoms with Gasteiger partial charge in [-0.15, -0.1) is 11.3 Å². The van der Waals surface area contributed by atoms with Crippen molar-refractivity contribution in [3.8, 4) is 11.1 Å². The van der Waals surface area contributed by atoms with E-state index in [1.165, 1.54) is 46.6 Å². The lowest BCUT2D eigenvalue weighted by Gasteiger charge is -2.15. The first-order valence-corrected chi connectivity index (χ1v) is 9.72. The minimum atomic E-state index is -1.90. The van der Waals surface area contributed by atoms with Gasteiger partial charge in [0.15, 0.2) is 16.4 Å². The van der Waals surface area contributed by atoms with Gasteiger partial charge in [-0.2, -0.15) is 0 Å². The Labute approximate surface area is 171 Å². The largest absolute Gasteiger partial charge is 0.340 e. The molecule has 4 aromatic heterocycles. The number of rotatable bonds is 4. The van der Waals surface area contributed by atoms with E-state index in [1.54, 1.807) is 18.4 Å². The van der Waals surface area contributed by atoms with Crippen molar-refractivity contribution in [3.05, 3.63) is 69.9 Å². The summed E-state index contributed by atoms with van der Waals surface area (Å²) in [6.07, 6.45) is 0.769. The maximum absolute atomic E-state index is 15.5. The number of aryl methyl sites for hydroxylation is 1. The summed E-state index contributed by atoms with van der Waals surface area (Å²) in [6, 6.07) is 5.44. The minimum Gasteiger partial charge on any atom is -0.340 e. The Balaban J connectivity index is 1.70. The summed E-state index contributed by atoms with van der Waals surface area (Å²) in [7, 11) is 0. The molecule has 0 amide bonds. The third-order valence-electron chi connectivity index (χ3n) is 4.61. The maximum atomic E-state index is 15.5. The van der Waals surface area contributed by atoms with Crippen molar-refractivity contribution in [1.29, 1.82) is 0 Å². The normalized spacial score (nSPS) is 12.5. The van der Waals surface area contributed by atoms with Gasteiger partial charge in [0.1, 0.15) is 23.4 Å². The molecule has 0 spiro atoms. The molecule has 0 radical (unpaired) electrons. The SMILES string of the molecule is Cc1csc2nc([C@H](F)Nc3ncnc4nc[nH]c34)c(-c3cccc(F)c3)c(=O)n12. The van der Waals surface area contributed by atoms with Crippen molar-refractivity contribution in [2.24, 2.45) is 0 Å². The summed E-state index contributed by atoms with van der Waals surface area (Å²) in [5, 5.41) is 4.37. The van der Waals surface area contributed by atoms with Crippen LogP contribution in [0.4, 0.5) is 14.6 Å². The Bertz CT molecular complexity index is 1460. The summed E-state index contributed by atoms with van der Waals surface area (Å²) in [6.45, 7) is 1.75. The minimum absolute atomic E-state index is 0.0246. The molecular weight excluding hydrogens is 412 g/mol. The maximum Gasteiger partial charge on any atom is 0.267 e. The third-order valence-corrected chi connectivity index (χ3v) is 5.55. The molecule has 0 fully saturated rings. The van der Waals surface area contributed by atoms with E-state index >= 15 is 4.39 Å². The van der Waals surface area contributed by atoms with E-state index in [1.807, 2.05) is 0 Å². The van der Waals surface area contributed by atoms with Crippen molar-refractivity contribution < 1.29 is 8.78 Å². The Morgan fingerprint density at radius 1 is 1.27 bits per heavy atom. The van der Waals surface area contributed by atoms with Crippen molar-refractivity contribution in [2.45, 2.75) is 13.2 Å². The predicted octanol–water partition coefficient (Wildman–Crippen LogP) is 3.62. The molecule has 0 saturated heterocycles. The molecule has 5 aromatic rings. The number of thiazole rings is 1. The van der Waals surface area contributed by atoms with Gasteiger partial charge in [-0.1, -0.05) is 12.1 Å². The quantitative estimate of drug-likeness (QED) is 0.427. The Hall–Kier alpha value is -3.73. The molecular formula is C19H13F2N7OS. The van der Waals surface area contributed by atoms with Gasteiger partial charge in [0.25, 0.3) is 5.56 Å². The topological polar surface area (TPSA) is 101 Å². The van der Waals surface area contributed by atoms with Gasteiger partial charge in [0, 0.05) is 11.1 Å². The number of benzene rings is 1. The summed E-state index contributed by atoms with van der Waals surface area (Å²) in [4.78, 5) is 32.9. The standard InChI is InChI=1S/C19H13F2N7OS/c1-9-6-30-19-26-13(12(18(29)28(9)19)10-3-2-4-11(20)5-10)15(21)27-17-14-16(23-7-22-14)24-8-25-17/h2-8,15H,1H3,(H2,22,23,24,25,27)/t15-/m1/s1. The molecule has 0 aliphatic heterocycles. The van der Waals surface area contributed by atoms with E-state index in [-0.39, 0.29) is 22.6 Å². The molecule has 2 N–H and O–H groups in total. The number of nitrogens with one attached hydrogen (secondary N) is 2. The van der Waals surface area contributed by atoms with Gasteiger partial charge in [0.05, 0.1) is 11.9 Å². The second-order valence-electron chi connectivity index (χ2n) is 6.51. The molecule has 1 aromatic carbocycles. The van der Waals surface area contributed by atoms with Crippen LogP contribution in [0.3, 0.4) is 0 Å². The Morgan fingerprint density at radius 3 is 2.97 bits per heavy atom. The van der Waals surface area contributed by atoms with E-state index in [9.17, 15) is 9.18 Å². The molecule has 4 heterocycles. The average molecular weight is 425 g/mol. The molecule has 150 valence electrons. The number of hydrogen-bond donors (Lipinski definition) is 2. The highest BCUT2D eigenvalue weighted by Gasteiger charge is 2.25. The number of halogens is 2. The highest BCUT2D eigenvalue weighted by atomic mass is 32.1. The zero-order valence-corrected chi connectivity index (χ0v) is 16.2. The smallest absolute Gasteiger partial charge is 0.267 e. The fraction of sp³-hybridized carbons (Fsp3) is 0.105. The van der Waals surface area contributed by atoms with E-state index in [0.717, 1.165) is 0 Å². The number of aromatic nitrogens is 6. The monoisotopic (exact) mass is 425 g/mol. The van der Waals surface area contributed by atoms with Crippen LogP contribution >= 0.6 is 11.3 Å². The van der Waals surface area contributed by atoms with Crippen LogP contribution in [0.15, 0.2) is 47.1 Å². The van der Waals surface area contributed by atoms with Gasteiger partial charge >= 0.3 is 0 Å². The van der Waals surface area contributed by atoms with Crippen LogP contribution in [-0.4, -0.2) is 29.3 Å². The first-order chi connectivity index (χ1) is 14.5. The second-order valence-corrected chi connectivity index (χ2v) is 7.35. The number of hydrogen-bond acceptors (Lipinski definition) is 7. The van der Waals surface area contributed by atoms with Gasteiger partial charge < -0.3 is 10.3 Å². The molecule has 0 aliphatic carbocycles. The van der Waals surface area contributed by atoms with Gasteiger partial charge in [-0.3, -0.25) is 9.20 Å². The van der Waals surface area contributed by atoms with Gasteiger partial charge in [-0.05, 0) is 24.6 Å². The number of nitrogens with zero attached hydrogens (tertiary/aromatic N) is 5. The summed E-state index contributed by atoms with van der Waals surface area (Å²) >= 11 is 1.22. The second kappa shape index (κ2) is 6.95. The van der Waals surface area contributed by atoms with Crippen molar-refractivity contribution >= 4 is 33.3 Å². The Morgan fingerprint density at radius 2 is 2.13 bits per heavy atom. The fourth-order valence-corrected chi connectivity index (χ4v) is 4.12. The number of aromatic amines is 1. The zero-order valence-electron chi connectivity index (χ0n) is 15.4. The molecule has 1 atom stereocenters. The van der Waals surface area contributed by atoms with Crippen molar-refractivity contribution in [3.63, 3.8) is 0 Å². The number of anilines is 1. The lowest BCUT2D eigenvalue weighted by molar-refractivity contribution is 0.377.